The second kappa shape index (κ2) is 6.04. The number of halogens is 1. The lowest BCUT2D eigenvalue weighted by Crippen LogP contribution is -2.30. The average molecular weight is 327 g/mol. The maximum absolute atomic E-state index is 13.3. The largest absolute Gasteiger partial charge is 0.342 e. The molecule has 2 fully saturated rings. The first-order valence-corrected chi connectivity index (χ1v) is 8.62. The molecule has 0 spiro atoms. The van der Waals surface area contributed by atoms with Gasteiger partial charge in [0.1, 0.15) is 5.82 Å². The van der Waals surface area contributed by atoms with Crippen LogP contribution >= 0.6 is 0 Å². The van der Waals surface area contributed by atoms with Gasteiger partial charge in [-0.2, -0.15) is 5.10 Å². The van der Waals surface area contributed by atoms with Crippen molar-refractivity contribution in [2.24, 2.45) is 18.9 Å². The number of carbonyl (C=O) groups excluding carboxylic acids is 1. The van der Waals surface area contributed by atoms with Crippen molar-refractivity contribution >= 4 is 5.91 Å². The summed E-state index contributed by atoms with van der Waals surface area (Å²) in [6.45, 7) is 1.68. The molecule has 1 amide bonds. The molecule has 1 aromatic heterocycles. The highest BCUT2D eigenvalue weighted by Crippen LogP contribution is 2.49. The van der Waals surface area contributed by atoms with Crippen molar-refractivity contribution in [1.29, 1.82) is 0 Å². The molecule has 24 heavy (non-hydrogen) atoms. The maximum atomic E-state index is 13.3. The smallest absolute Gasteiger partial charge is 0.226 e. The Morgan fingerprint density at radius 1 is 1.42 bits per heavy atom. The monoisotopic (exact) mass is 327 g/mol. The summed E-state index contributed by atoms with van der Waals surface area (Å²) in [6, 6.07) is 6.67. The Bertz CT molecular complexity index is 757. The van der Waals surface area contributed by atoms with E-state index in [9.17, 15) is 9.18 Å². The second-order valence-corrected chi connectivity index (χ2v) is 7.17. The fourth-order valence-corrected chi connectivity index (χ4v) is 3.92. The molecule has 1 saturated carbocycles. The van der Waals surface area contributed by atoms with E-state index in [2.05, 4.69) is 5.10 Å². The van der Waals surface area contributed by atoms with Gasteiger partial charge in [0, 0.05) is 32.3 Å². The van der Waals surface area contributed by atoms with Crippen LogP contribution < -0.4 is 0 Å². The molecule has 1 aliphatic carbocycles. The van der Waals surface area contributed by atoms with Gasteiger partial charge in [0.15, 0.2) is 0 Å². The second-order valence-electron chi connectivity index (χ2n) is 7.17. The van der Waals surface area contributed by atoms with E-state index in [0.717, 1.165) is 37.9 Å². The molecular weight excluding hydrogens is 305 g/mol. The lowest BCUT2D eigenvalue weighted by Gasteiger charge is -2.16. The number of carbonyl (C=O) groups is 1. The number of nitrogens with zero attached hydrogens (tertiary/aromatic N) is 3. The normalized spacial score (nSPS) is 25.9. The minimum Gasteiger partial charge on any atom is -0.342 e. The molecular formula is C19H22FN3O. The van der Waals surface area contributed by atoms with Crippen LogP contribution in [0, 0.1) is 17.7 Å². The summed E-state index contributed by atoms with van der Waals surface area (Å²) in [5.41, 5.74) is 2.19. The van der Waals surface area contributed by atoms with Gasteiger partial charge in [-0.15, -0.1) is 0 Å². The molecule has 0 bridgehead atoms. The Morgan fingerprint density at radius 3 is 3.04 bits per heavy atom. The Hall–Kier alpha value is -2.17. The van der Waals surface area contributed by atoms with Gasteiger partial charge in [-0.05, 0) is 54.4 Å². The summed E-state index contributed by atoms with van der Waals surface area (Å²) in [5.74, 6) is 0.792. The third kappa shape index (κ3) is 3.07. The van der Waals surface area contributed by atoms with Gasteiger partial charge >= 0.3 is 0 Å². The number of likely N-dealkylation sites (tertiary alicyclic amines) is 1. The summed E-state index contributed by atoms with van der Waals surface area (Å²) in [5, 5.41) is 4.21. The van der Waals surface area contributed by atoms with Crippen LogP contribution in [0.4, 0.5) is 4.39 Å². The van der Waals surface area contributed by atoms with Crippen LogP contribution in [0.5, 0.6) is 0 Å². The van der Waals surface area contributed by atoms with Crippen LogP contribution in [0.2, 0.25) is 0 Å². The van der Waals surface area contributed by atoms with E-state index in [-0.39, 0.29) is 23.6 Å². The summed E-state index contributed by atoms with van der Waals surface area (Å²) in [4.78, 5) is 14.7. The molecule has 4 nitrogen and oxygen atoms in total. The highest BCUT2D eigenvalue weighted by Gasteiger charge is 2.46. The highest BCUT2D eigenvalue weighted by atomic mass is 19.1. The third-order valence-corrected chi connectivity index (χ3v) is 5.26. The van der Waals surface area contributed by atoms with Crippen molar-refractivity contribution in [3.05, 3.63) is 53.6 Å². The van der Waals surface area contributed by atoms with Gasteiger partial charge < -0.3 is 4.90 Å². The number of amides is 1. The maximum Gasteiger partial charge on any atom is 0.226 e. The van der Waals surface area contributed by atoms with E-state index >= 15 is 0 Å². The Kier molecular flexibility index (Phi) is 3.87. The molecule has 0 N–H and O–H groups in total. The van der Waals surface area contributed by atoms with Crippen molar-refractivity contribution in [2.45, 2.75) is 25.2 Å². The van der Waals surface area contributed by atoms with Gasteiger partial charge in [0.2, 0.25) is 5.91 Å². The van der Waals surface area contributed by atoms with E-state index < -0.39 is 0 Å². The van der Waals surface area contributed by atoms with Crippen LogP contribution in [-0.4, -0.2) is 33.7 Å². The number of aryl methyl sites for hydroxylation is 1. The Labute approximate surface area is 141 Å². The standard InChI is InChI=1S/C19H22FN3O/c1-22-11-14(10-21-22)7-13-5-6-23(12-13)19(24)18-9-17(18)15-3-2-4-16(20)8-15/h2-4,8,10-11,13,17-18H,5-7,9,12H2,1H3/t13-,17+,18+/m0/s1. The molecule has 126 valence electrons. The predicted octanol–water partition coefficient (Wildman–Crippen LogP) is 2.75. The lowest BCUT2D eigenvalue weighted by molar-refractivity contribution is -0.131. The van der Waals surface area contributed by atoms with Crippen molar-refractivity contribution in [2.75, 3.05) is 13.1 Å². The van der Waals surface area contributed by atoms with E-state index in [1.54, 1.807) is 12.1 Å². The van der Waals surface area contributed by atoms with E-state index in [0.29, 0.717) is 5.92 Å². The van der Waals surface area contributed by atoms with Crippen LogP contribution in [0.25, 0.3) is 0 Å². The molecule has 0 radical (unpaired) electrons. The number of hydrogen-bond donors (Lipinski definition) is 0. The van der Waals surface area contributed by atoms with E-state index in [4.69, 9.17) is 0 Å². The van der Waals surface area contributed by atoms with Gasteiger partial charge in [0.05, 0.1) is 6.20 Å². The topological polar surface area (TPSA) is 38.1 Å². The fraction of sp³-hybridized carbons (Fsp3) is 0.474. The molecule has 3 atom stereocenters. The minimum absolute atomic E-state index is 0.0453. The Balaban J connectivity index is 1.33. The zero-order chi connectivity index (χ0) is 16.7. The lowest BCUT2D eigenvalue weighted by atomic mass is 10.0. The van der Waals surface area contributed by atoms with Crippen molar-refractivity contribution in [3.8, 4) is 0 Å². The number of benzene rings is 1. The molecule has 2 heterocycles. The highest BCUT2D eigenvalue weighted by molar-refractivity contribution is 5.83. The molecule has 1 aromatic carbocycles. The molecule has 4 rings (SSSR count). The fourth-order valence-electron chi connectivity index (χ4n) is 3.92. The third-order valence-electron chi connectivity index (χ3n) is 5.26. The summed E-state index contributed by atoms with van der Waals surface area (Å²) in [6.07, 6.45) is 6.84. The quantitative estimate of drug-likeness (QED) is 0.866. The zero-order valence-electron chi connectivity index (χ0n) is 13.9. The summed E-state index contributed by atoms with van der Waals surface area (Å²) >= 11 is 0. The molecule has 1 aliphatic heterocycles. The first kappa shape index (κ1) is 15.4. The molecule has 5 heteroatoms. The first-order valence-electron chi connectivity index (χ1n) is 8.62. The molecule has 1 saturated heterocycles. The molecule has 0 unspecified atom stereocenters. The van der Waals surface area contributed by atoms with Crippen LogP contribution in [-0.2, 0) is 18.3 Å². The van der Waals surface area contributed by atoms with Crippen molar-refractivity contribution < 1.29 is 9.18 Å². The minimum atomic E-state index is -0.219. The first-order chi connectivity index (χ1) is 11.6. The van der Waals surface area contributed by atoms with Gasteiger partial charge in [0.25, 0.3) is 0 Å². The summed E-state index contributed by atoms with van der Waals surface area (Å²) < 4.78 is 15.2. The van der Waals surface area contributed by atoms with Crippen LogP contribution in [0.1, 0.15) is 29.9 Å². The van der Waals surface area contributed by atoms with Gasteiger partial charge in [-0.1, -0.05) is 12.1 Å². The van der Waals surface area contributed by atoms with Gasteiger partial charge in [-0.25, -0.2) is 4.39 Å². The van der Waals surface area contributed by atoms with Crippen LogP contribution in [0.15, 0.2) is 36.7 Å². The van der Waals surface area contributed by atoms with E-state index in [1.165, 1.54) is 11.6 Å². The number of rotatable bonds is 4. The Morgan fingerprint density at radius 2 is 2.29 bits per heavy atom. The average Bonchev–Trinajstić information content (AvgIpc) is 3.06. The van der Waals surface area contributed by atoms with Crippen molar-refractivity contribution in [3.63, 3.8) is 0 Å². The van der Waals surface area contributed by atoms with Gasteiger partial charge in [-0.3, -0.25) is 9.48 Å². The van der Waals surface area contributed by atoms with Crippen LogP contribution in [0.3, 0.4) is 0 Å². The number of hydrogen-bond acceptors (Lipinski definition) is 2. The summed E-state index contributed by atoms with van der Waals surface area (Å²) in [7, 11) is 1.92. The van der Waals surface area contributed by atoms with E-state index in [1.807, 2.05) is 35.1 Å². The molecule has 2 aromatic rings. The van der Waals surface area contributed by atoms with Crippen molar-refractivity contribution in [1.82, 2.24) is 14.7 Å². The predicted molar refractivity (Wildman–Crippen MR) is 88.8 cm³/mol. The number of aromatic nitrogens is 2. The molecule has 2 aliphatic rings. The zero-order valence-corrected chi connectivity index (χ0v) is 13.9. The SMILES string of the molecule is Cn1cc(C[C@@H]2CCN(C(=O)[C@@H]3C[C@@H]3c3cccc(F)c3)C2)cn1.